The summed E-state index contributed by atoms with van der Waals surface area (Å²) in [7, 11) is -4.99. The predicted octanol–water partition coefficient (Wildman–Crippen LogP) is -3.11. The molecule has 41 heavy (non-hydrogen) atoms. The van der Waals surface area contributed by atoms with Crippen LogP contribution in [0.25, 0.3) is 0 Å². The van der Waals surface area contributed by atoms with Crippen molar-refractivity contribution in [1.29, 1.82) is 0 Å². The van der Waals surface area contributed by atoms with E-state index in [9.17, 15) is 38.8 Å². The van der Waals surface area contributed by atoms with Gasteiger partial charge in [-0.25, -0.2) is 14.2 Å². The number of aromatic nitrogens is 4. The van der Waals surface area contributed by atoms with Gasteiger partial charge in [0.15, 0.2) is 12.5 Å². The average molecular weight is 602 g/mol. The summed E-state index contributed by atoms with van der Waals surface area (Å²) < 4.78 is 48.8. The van der Waals surface area contributed by atoms with Crippen LogP contribution in [0.2, 0.25) is 0 Å². The second-order valence-corrected chi connectivity index (χ2v) is 11.9. The van der Waals surface area contributed by atoms with Gasteiger partial charge < -0.3 is 34.1 Å². The van der Waals surface area contributed by atoms with Crippen LogP contribution < -0.4 is 22.5 Å². The maximum Gasteiger partial charge on any atom is 0.472 e. The fourth-order valence-corrected chi connectivity index (χ4v) is 6.59. The fourth-order valence-electron chi connectivity index (χ4n) is 5.54. The molecule has 0 saturated carbocycles. The molecule has 0 spiro atoms. The van der Waals surface area contributed by atoms with Gasteiger partial charge in [0, 0.05) is 23.5 Å². The van der Waals surface area contributed by atoms with Crippen molar-refractivity contribution in [1.82, 2.24) is 19.1 Å². The largest absolute Gasteiger partial charge is 0.472 e. The van der Waals surface area contributed by atoms with Gasteiger partial charge in [-0.1, -0.05) is 0 Å². The molecule has 1 unspecified atom stereocenters. The van der Waals surface area contributed by atoms with Crippen molar-refractivity contribution in [3.05, 3.63) is 65.2 Å². The molecule has 6 rings (SSSR count). The van der Waals surface area contributed by atoms with Gasteiger partial charge in [-0.15, -0.1) is 0 Å². The van der Waals surface area contributed by atoms with Crippen molar-refractivity contribution in [3.8, 4) is 0 Å². The minimum absolute atomic E-state index is 0.187. The molecule has 0 aromatic carbocycles. The zero-order chi connectivity index (χ0) is 29.5. The van der Waals surface area contributed by atoms with Gasteiger partial charge in [-0.2, -0.15) is 0 Å². The molecule has 2 aromatic heterocycles. The number of phosphoric acid groups is 1. The molecular formula is C22H27N4O14P. The molecule has 19 heteroatoms. The van der Waals surface area contributed by atoms with Crippen molar-refractivity contribution in [3.63, 3.8) is 0 Å². The van der Waals surface area contributed by atoms with Gasteiger partial charge in [-0.05, 0) is 13.8 Å². The number of hydrogen-bond donors (Lipinski definition) is 5. The lowest BCUT2D eigenvalue weighted by Crippen LogP contribution is -2.46. The standard InChI is InChI=1S/C22H27N4O14P/c1-9-3-25(19(31)23-15(9)29)17-11-13(28)22(39-17,7-35-11)8-37-41(33,34)40-14-12-18(38-21(14,5-27)6-36-12)26-4-10(2)16(30)24-20(26)32/h3-4,11-14,17-18,27-28H,5-8H2,1-2H3,(H,33,34)(H,23,29,31)(H,24,30,32)/t11-,12-,13+,14+,17-,18-,21+,22-/m1/s1. The molecule has 4 aliphatic rings. The molecule has 9 atom stereocenters. The van der Waals surface area contributed by atoms with E-state index >= 15 is 0 Å². The van der Waals surface area contributed by atoms with Crippen molar-refractivity contribution in [2.45, 2.75) is 61.9 Å². The van der Waals surface area contributed by atoms with E-state index in [1.807, 2.05) is 0 Å². The number of nitrogens with zero attached hydrogens (tertiary/aromatic N) is 2. The molecule has 4 bridgehead atoms. The van der Waals surface area contributed by atoms with E-state index in [-0.39, 0.29) is 24.3 Å². The minimum atomic E-state index is -4.99. The molecule has 6 heterocycles. The molecule has 2 aromatic rings. The number of aliphatic hydroxyl groups excluding tert-OH is 2. The zero-order valence-electron chi connectivity index (χ0n) is 21.6. The van der Waals surface area contributed by atoms with Gasteiger partial charge in [0.05, 0.1) is 26.4 Å². The lowest BCUT2D eigenvalue weighted by atomic mass is 10.0. The van der Waals surface area contributed by atoms with Crippen LogP contribution in [0.15, 0.2) is 31.6 Å². The van der Waals surface area contributed by atoms with Gasteiger partial charge in [0.1, 0.15) is 35.6 Å². The van der Waals surface area contributed by atoms with E-state index in [2.05, 4.69) is 9.97 Å². The Hall–Kier alpha value is -2.77. The highest BCUT2D eigenvalue weighted by Gasteiger charge is 2.66. The number of aromatic amines is 2. The Bertz CT molecular complexity index is 1670. The summed E-state index contributed by atoms with van der Waals surface area (Å²) in [4.78, 5) is 63.2. The molecule has 4 fully saturated rings. The second kappa shape index (κ2) is 9.63. The molecule has 0 amide bonds. The number of aliphatic hydroxyl groups is 2. The Balaban J connectivity index is 1.20. The Labute approximate surface area is 228 Å². The van der Waals surface area contributed by atoms with Crippen molar-refractivity contribution < 1.29 is 47.7 Å². The first-order valence-corrected chi connectivity index (χ1v) is 14.0. The van der Waals surface area contributed by atoms with Crippen LogP contribution in [0, 0.1) is 13.8 Å². The first kappa shape index (κ1) is 28.4. The fraction of sp³-hybridized carbons (Fsp3) is 0.636. The summed E-state index contributed by atoms with van der Waals surface area (Å²) in [5.74, 6) is 0. The molecule has 18 nitrogen and oxygen atoms in total. The van der Waals surface area contributed by atoms with E-state index < -0.39 is 91.6 Å². The van der Waals surface area contributed by atoms with E-state index in [1.165, 1.54) is 26.2 Å². The van der Waals surface area contributed by atoms with Gasteiger partial charge in [0.25, 0.3) is 11.1 Å². The van der Waals surface area contributed by atoms with Crippen LogP contribution in [0.4, 0.5) is 0 Å². The number of fused-ring (bicyclic) bond motifs is 4. The third-order valence-electron chi connectivity index (χ3n) is 7.81. The Morgan fingerprint density at radius 1 is 0.951 bits per heavy atom. The molecule has 0 aliphatic carbocycles. The molecule has 5 N–H and O–H groups in total. The number of ether oxygens (including phenoxy) is 4. The summed E-state index contributed by atoms with van der Waals surface area (Å²) in [6, 6.07) is 0. The third kappa shape index (κ3) is 4.42. The first-order chi connectivity index (χ1) is 19.3. The Kier molecular flexibility index (Phi) is 6.66. The number of aryl methyl sites for hydroxylation is 2. The summed E-state index contributed by atoms with van der Waals surface area (Å²) in [6.07, 6.45) is -4.89. The monoisotopic (exact) mass is 602 g/mol. The van der Waals surface area contributed by atoms with Crippen LogP contribution in [-0.4, -0.2) is 96.3 Å². The zero-order valence-corrected chi connectivity index (χ0v) is 22.5. The second-order valence-electron chi connectivity index (χ2n) is 10.5. The van der Waals surface area contributed by atoms with Crippen LogP contribution in [0.1, 0.15) is 23.6 Å². The number of nitrogens with one attached hydrogen (secondary N) is 2. The van der Waals surface area contributed by atoms with E-state index in [4.69, 9.17) is 28.0 Å². The molecule has 0 radical (unpaired) electrons. The topological polar surface area (TPSA) is 243 Å². The maximum absolute atomic E-state index is 13.1. The SMILES string of the molecule is Cc1cn([C@@H]2O[C@@]3(COP(=O)(O)O[C@H]4[C@H]5OC[C@]4(CO)O[C@H]5n4cc(C)c(=O)[nH]c4=O)CO[C@@H]2[C@@H]3O)c(=O)[nH]c1=O. The van der Waals surface area contributed by atoms with Crippen molar-refractivity contribution in [2.24, 2.45) is 0 Å². The van der Waals surface area contributed by atoms with Crippen LogP contribution in [0.5, 0.6) is 0 Å². The van der Waals surface area contributed by atoms with E-state index in [0.717, 1.165) is 9.13 Å². The first-order valence-electron chi connectivity index (χ1n) is 12.5. The lowest BCUT2D eigenvalue weighted by Gasteiger charge is -2.32. The molecular weight excluding hydrogens is 575 g/mol. The molecule has 4 saturated heterocycles. The van der Waals surface area contributed by atoms with Crippen molar-refractivity contribution >= 4 is 7.82 Å². The average Bonchev–Trinajstić information content (AvgIpc) is 3.61. The number of rotatable bonds is 8. The highest BCUT2D eigenvalue weighted by atomic mass is 31.2. The third-order valence-corrected chi connectivity index (χ3v) is 8.76. The number of phosphoric ester groups is 1. The molecule has 4 aliphatic heterocycles. The number of hydrogen-bond acceptors (Lipinski definition) is 13. The number of H-pyrrole nitrogens is 2. The van der Waals surface area contributed by atoms with Crippen LogP contribution in [0.3, 0.4) is 0 Å². The maximum atomic E-state index is 13.1. The quantitative estimate of drug-likeness (QED) is 0.188. The highest BCUT2D eigenvalue weighted by Crippen LogP contribution is 2.55. The Morgan fingerprint density at radius 2 is 1.46 bits per heavy atom. The van der Waals surface area contributed by atoms with Gasteiger partial charge in [0.2, 0.25) is 0 Å². The highest BCUT2D eigenvalue weighted by molar-refractivity contribution is 7.47. The minimum Gasteiger partial charge on any atom is -0.393 e. The van der Waals surface area contributed by atoms with Crippen molar-refractivity contribution in [2.75, 3.05) is 26.4 Å². The summed E-state index contributed by atoms with van der Waals surface area (Å²) in [5.41, 5.74) is -5.75. The van der Waals surface area contributed by atoms with Crippen LogP contribution in [-0.2, 0) is 32.6 Å². The van der Waals surface area contributed by atoms with Crippen LogP contribution >= 0.6 is 7.82 Å². The normalized spacial score (nSPS) is 37.1. The van der Waals surface area contributed by atoms with E-state index in [0.29, 0.717) is 0 Å². The lowest BCUT2D eigenvalue weighted by molar-refractivity contribution is -0.189. The summed E-state index contributed by atoms with van der Waals surface area (Å²) in [5, 5.41) is 20.9. The molecule has 224 valence electrons. The predicted molar refractivity (Wildman–Crippen MR) is 131 cm³/mol. The van der Waals surface area contributed by atoms with E-state index in [1.54, 1.807) is 0 Å². The van der Waals surface area contributed by atoms with Gasteiger partial charge in [-0.3, -0.25) is 37.7 Å². The summed E-state index contributed by atoms with van der Waals surface area (Å²) >= 11 is 0. The Morgan fingerprint density at radius 3 is 2.05 bits per heavy atom. The smallest absolute Gasteiger partial charge is 0.393 e. The van der Waals surface area contributed by atoms with Gasteiger partial charge >= 0.3 is 19.2 Å². The summed E-state index contributed by atoms with van der Waals surface area (Å²) in [6.45, 7) is 1.03.